The van der Waals surface area contributed by atoms with Crippen molar-refractivity contribution in [2.45, 2.75) is 77.5 Å². The summed E-state index contributed by atoms with van der Waals surface area (Å²) in [4.78, 5) is 84.6. The summed E-state index contributed by atoms with van der Waals surface area (Å²) in [5, 5.41) is 22.2. The van der Waals surface area contributed by atoms with Gasteiger partial charge in [0.1, 0.15) is 11.9 Å². The largest absolute Gasteiger partial charge is 0.384 e. The summed E-state index contributed by atoms with van der Waals surface area (Å²) in [6.45, 7) is 8.06. The molecule has 59 heavy (non-hydrogen) atoms. The Hall–Kier alpha value is -5.87. The second-order valence-corrected chi connectivity index (χ2v) is 15.6. The number of fused-ring (bicyclic) bond motifs is 2. The van der Waals surface area contributed by atoms with E-state index in [4.69, 9.17) is 0 Å². The minimum absolute atomic E-state index is 0.108. The van der Waals surface area contributed by atoms with Crippen LogP contribution in [0.25, 0.3) is 11.6 Å². The molecule has 3 aromatic rings. The number of carbonyl (C=O) groups excluding carboxylic acids is 6. The first-order valence-corrected chi connectivity index (χ1v) is 20.4. The lowest BCUT2D eigenvalue weighted by molar-refractivity contribution is -0.139. The van der Waals surface area contributed by atoms with Gasteiger partial charge in [0.05, 0.1) is 16.7 Å². The lowest BCUT2D eigenvalue weighted by Gasteiger charge is -2.34. The fourth-order valence-electron chi connectivity index (χ4n) is 8.48. The van der Waals surface area contributed by atoms with Gasteiger partial charge in [-0.05, 0) is 69.0 Å². The minimum Gasteiger partial charge on any atom is -0.384 e. The Kier molecular flexibility index (Phi) is 12.6. The number of aromatic nitrogens is 1. The van der Waals surface area contributed by atoms with Crippen molar-refractivity contribution in [3.63, 3.8) is 0 Å². The van der Waals surface area contributed by atoms with Gasteiger partial charge in [0.25, 0.3) is 17.7 Å². The van der Waals surface area contributed by atoms with Gasteiger partial charge in [0.2, 0.25) is 17.7 Å². The number of aliphatic hydroxyl groups excluding tert-OH is 1. The van der Waals surface area contributed by atoms with E-state index in [9.17, 15) is 38.3 Å². The third-order valence-corrected chi connectivity index (χ3v) is 11.7. The molecular weight excluding hydrogens is 760 g/mol. The second-order valence-electron chi connectivity index (χ2n) is 15.6. The molecule has 312 valence electrons. The van der Waals surface area contributed by atoms with Gasteiger partial charge < -0.3 is 30.9 Å². The molecule has 2 fully saturated rings. The normalized spacial score (nSPS) is 19.8. The number of hydrogen-bond acceptors (Lipinski definition) is 9. The van der Waals surface area contributed by atoms with Gasteiger partial charge in [-0.1, -0.05) is 31.4 Å². The molecule has 2 aromatic carbocycles. The van der Waals surface area contributed by atoms with Crippen LogP contribution in [0.1, 0.15) is 106 Å². The average molecular weight is 811 g/mol. The van der Waals surface area contributed by atoms with Gasteiger partial charge in [-0.2, -0.15) is 0 Å². The number of nitrogens with one attached hydrogen (secondary N) is 5. The van der Waals surface area contributed by atoms with Crippen LogP contribution < -0.4 is 21.3 Å². The molecule has 6 amide bonds. The second kappa shape index (κ2) is 18.0. The summed E-state index contributed by atoms with van der Waals surface area (Å²) in [5.41, 5.74) is 5.24. The van der Waals surface area contributed by atoms with E-state index >= 15 is 0 Å². The minimum atomic E-state index is -1.26. The molecular formula is C43H51FN8O7. The van der Waals surface area contributed by atoms with E-state index in [-0.39, 0.29) is 36.5 Å². The molecule has 0 radical (unpaired) electrons. The van der Waals surface area contributed by atoms with E-state index in [0.717, 1.165) is 50.1 Å². The maximum atomic E-state index is 13.9. The Morgan fingerprint density at radius 2 is 1.71 bits per heavy atom. The van der Waals surface area contributed by atoms with Crippen molar-refractivity contribution in [1.82, 2.24) is 30.3 Å². The first-order valence-electron chi connectivity index (χ1n) is 20.4. The summed E-state index contributed by atoms with van der Waals surface area (Å²) in [7, 11) is 0. The SMILES string of the molecule is Cc1[nH]c(/C=C2\C(=O)Nc3ccc(F)cc32)c(C)c1C(=O)NCCN1CCN(C(=O)CCCCCCCNc2cccc3c2C(=O)N(C2CCC(=O)NC2=O)C3O)CC1. The number of piperazine rings is 1. The van der Waals surface area contributed by atoms with Crippen LogP contribution in [-0.2, 0) is 19.2 Å². The topological polar surface area (TPSA) is 196 Å². The standard InChI is InChI=1S/C43H51FN8O7/c1-25-33(24-30-29-23-27(44)12-13-31(29)48-39(30)55)47-26(2)37(25)41(57)46-17-18-50-19-21-51(22-20-50)36(54)11-6-4-3-5-7-16-45-32-10-8-9-28-38(32)43(59)52(42(28)58)34-14-15-35(53)49-40(34)56/h8-10,12-13,23-24,34,42,45,47,58H,3-7,11,14-22H2,1-2H3,(H,46,57)(H,48,55)(H,49,53,56)/b30-24-. The van der Waals surface area contributed by atoms with Crippen molar-refractivity contribution < 1.29 is 38.3 Å². The molecule has 0 spiro atoms. The zero-order valence-electron chi connectivity index (χ0n) is 33.4. The summed E-state index contributed by atoms with van der Waals surface area (Å²) >= 11 is 0. The van der Waals surface area contributed by atoms with Crippen LogP contribution in [-0.4, -0.2) is 112 Å². The summed E-state index contributed by atoms with van der Waals surface area (Å²) < 4.78 is 13.9. The highest BCUT2D eigenvalue weighted by atomic mass is 19.1. The van der Waals surface area contributed by atoms with E-state index in [1.807, 2.05) is 11.8 Å². The number of halogens is 1. The number of nitrogens with zero attached hydrogens (tertiary/aromatic N) is 3. The van der Waals surface area contributed by atoms with Gasteiger partial charge in [0, 0.05) is 92.5 Å². The third-order valence-electron chi connectivity index (χ3n) is 11.7. The molecule has 0 saturated carbocycles. The van der Waals surface area contributed by atoms with Gasteiger partial charge >= 0.3 is 0 Å². The lowest BCUT2D eigenvalue weighted by atomic mass is 10.0. The number of aryl methyl sites for hydroxylation is 1. The van der Waals surface area contributed by atoms with E-state index in [1.54, 1.807) is 31.2 Å². The smallest absolute Gasteiger partial charge is 0.259 e. The van der Waals surface area contributed by atoms with Crippen LogP contribution in [0.3, 0.4) is 0 Å². The van der Waals surface area contributed by atoms with Crippen molar-refractivity contribution in [3.8, 4) is 0 Å². The first-order chi connectivity index (χ1) is 28.4. The number of hydrogen-bond donors (Lipinski definition) is 6. The highest BCUT2D eigenvalue weighted by Gasteiger charge is 2.45. The van der Waals surface area contributed by atoms with E-state index in [2.05, 4.69) is 31.2 Å². The zero-order chi connectivity index (χ0) is 41.8. The number of benzene rings is 2. The van der Waals surface area contributed by atoms with Crippen molar-refractivity contribution in [2.75, 3.05) is 56.4 Å². The lowest BCUT2D eigenvalue weighted by Crippen LogP contribution is -2.53. The fourth-order valence-corrected chi connectivity index (χ4v) is 8.48. The number of H-pyrrole nitrogens is 1. The van der Waals surface area contributed by atoms with Crippen molar-refractivity contribution in [1.29, 1.82) is 0 Å². The predicted octanol–water partition coefficient (Wildman–Crippen LogP) is 3.84. The van der Waals surface area contributed by atoms with Gasteiger partial charge in [-0.3, -0.25) is 43.9 Å². The molecule has 4 aliphatic rings. The number of piperidine rings is 1. The predicted molar refractivity (Wildman–Crippen MR) is 218 cm³/mol. The monoisotopic (exact) mass is 810 g/mol. The highest BCUT2D eigenvalue weighted by molar-refractivity contribution is 6.35. The van der Waals surface area contributed by atoms with Crippen LogP contribution in [0.4, 0.5) is 15.8 Å². The summed E-state index contributed by atoms with van der Waals surface area (Å²) in [6, 6.07) is 8.46. The van der Waals surface area contributed by atoms with E-state index in [1.165, 1.54) is 18.2 Å². The van der Waals surface area contributed by atoms with Crippen molar-refractivity contribution in [3.05, 3.63) is 81.4 Å². The highest BCUT2D eigenvalue weighted by Crippen LogP contribution is 2.39. The molecule has 2 atom stereocenters. The maximum absolute atomic E-state index is 13.9. The number of unbranched alkanes of at least 4 members (excludes halogenated alkanes) is 4. The fraction of sp³-hybridized carbons (Fsp3) is 0.442. The molecule has 2 saturated heterocycles. The zero-order valence-corrected chi connectivity index (χ0v) is 33.4. The Labute approximate surface area is 341 Å². The van der Waals surface area contributed by atoms with E-state index in [0.29, 0.717) is 95.3 Å². The molecule has 2 unspecified atom stereocenters. The van der Waals surface area contributed by atoms with Crippen LogP contribution in [0.5, 0.6) is 0 Å². The quantitative estimate of drug-likeness (QED) is 0.0751. The molecule has 6 N–H and O–H groups in total. The van der Waals surface area contributed by atoms with Crippen molar-refractivity contribution in [2.24, 2.45) is 0 Å². The number of aromatic amines is 1. The van der Waals surface area contributed by atoms with Crippen LogP contribution in [0, 0.1) is 19.7 Å². The molecule has 4 aliphatic heterocycles. The first kappa shape index (κ1) is 41.3. The summed E-state index contributed by atoms with van der Waals surface area (Å²) in [5.74, 6) is -2.23. The van der Waals surface area contributed by atoms with Gasteiger partial charge in [0.15, 0.2) is 6.23 Å². The Morgan fingerprint density at radius 1 is 0.949 bits per heavy atom. The van der Waals surface area contributed by atoms with E-state index < -0.39 is 29.9 Å². The maximum Gasteiger partial charge on any atom is 0.259 e. The summed E-state index contributed by atoms with van der Waals surface area (Å²) in [6.07, 6.45) is 5.68. The number of aliphatic hydroxyl groups is 1. The molecule has 7 rings (SSSR count). The van der Waals surface area contributed by atoms with Crippen LogP contribution in [0.15, 0.2) is 36.4 Å². The number of amides is 6. The number of anilines is 2. The average Bonchev–Trinajstić information content (AvgIpc) is 3.78. The third kappa shape index (κ3) is 8.93. The van der Waals surface area contributed by atoms with Crippen molar-refractivity contribution >= 4 is 58.5 Å². The number of carbonyl (C=O) groups is 6. The number of rotatable bonds is 15. The van der Waals surface area contributed by atoms with Gasteiger partial charge in [-0.25, -0.2) is 4.39 Å². The molecule has 0 bridgehead atoms. The molecule has 15 nitrogen and oxygen atoms in total. The Morgan fingerprint density at radius 3 is 2.49 bits per heavy atom. The Balaban J connectivity index is 0.767. The van der Waals surface area contributed by atoms with Crippen LogP contribution in [0.2, 0.25) is 0 Å². The molecule has 0 aliphatic carbocycles. The molecule has 16 heteroatoms. The van der Waals surface area contributed by atoms with Crippen LogP contribution >= 0.6 is 0 Å². The molecule has 5 heterocycles. The molecule has 1 aromatic heterocycles. The Bertz CT molecular complexity index is 2190. The number of imide groups is 1. The van der Waals surface area contributed by atoms with Gasteiger partial charge in [-0.15, -0.1) is 0 Å².